The molecule has 0 aliphatic carbocycles. The third-order valence-electron chi connectivity index (χ3n) is 2.75. The molecule has 10 heteroatoms. The van der Waals surface area contributed by atoms with Crippen molar-refractivity contribution in [1.29, 1.82) is 0 Å². The van der Waals surface area contributed by atoms with Crippen LogP contribution >= 0.6 is 54.3 Å². The van der Waals surface area contributed by atoms with E-state index in [-0.39, 0.29) is 16.0 Å². The average Bonchev–Trinajstić information content (AvgIpc) is 2.79. The van der Waals surface area contributed by atoms with Gasteiger partial charge >= 0.3 is 16.6 Å². The highest BCUT2D eigenvalue weighted by Gasteiger charge is 2.50. The molecule has 0 saturated carbocycles. The number of esters is 1. The number of hydrogen-bond acceptors (Lipinski definition) is 4. The van der Waals surface area contributed by atoms with Crippen LogP contribution in [0.15, 0.2) is 22.7 Å². The van der Waals surface area contributed by atoms with Gasteiger partial charge in [0.1, 0.15) is 4.88 Å². The monoisotopic (exact) mass is 524 g/mol. The van der Waals surface area contributed by atoms with Crippen LogP contribution in [0, 0.1) is 0 Å². The van der Waals surface area contributed by atoms with Crippen molar-refractivity contribution in [2.45, 2.75) is 12.6 Å². The van der Waals surface area contributed by atoms with Crippen LogP contribution < -0.4 is 0 Å². The maximum absolute atomic E-state index is 14.1. The highest BCUT2D eigenvalue weighted by atomic mass is 127. The summed E-state index contributed by atoms with van der Waals surface area (Å²) in [5.41, 5.74) is -4.49. The molecule has 0 aliphatic rings. The lowest BCUT2D eigenvalue weighted by molar-refractivity contribution is 0.0532. The summed E-state index contributed by atoms with van der Waals surface area (Å²) in [5, 5.41) is -4.31. The van der Waals surface area contributed by atoms with Gasteiger partial charge in [-0.05, 0) is 30.5 Å². The number of benzene rings is 1. The normalized spacial score (nSPS) is 14.8. The predicted molar refractivity (Wildman–Crippen MR) is 93.2 cm³/mol. The largest absolute Gasteiger partial charge is 0.462 e. The zero-order chi connectivity index (χ0) is 16.7. The van der Waals surface area contributed by atoms with Gasteiger partial charge in [-0.2, -0.15) is 8.78 Å². The Labute approximate surface area is 149 Å². The van der Waals surface area contributed by atoms with Gasteiger partial charge in [-0.3, -0.25) is 4.57 Å². The second kappa shape index (κ2) is 6.43. The van der Waals surface area contributed by atoms with Crippen molar-refractivity contribution in [3.05, 3.63) is 33.1 Å². The molecule has 0 fully saturated rings. The molecule has 0 bridgehead atoms. The Balaban J connectivity index is 2.58. The molecule has 1 aromatic carbocycles. The number of hydrogen-bond donors (Lipinski definition) is 1. The number of halogens is 4. The van der Waals surface area contributed by atoms with Crippen LogP contribution in [-0.2, 0) is 15.0 Å². The van der Waals surface area contributed by atoms with Gasteiger partial charge in [0.15, 0.2) is 0 Å². The third kappa shape index (κ3) is 3.38. The zero-order valence-electron chi connectivity index (χ0n) is 11.0. The fourth-order valence-corrected chi connectivity index (χ4v) is 4.88. The topological polar surface area (TPSA) is 63.6 Å². The molecule has 1 heterocycles. The van der Waals surface area contributed by atoms with Gasteiger partial charge in [-0.15, -0.1) is 11.3 Å². The van der Waals surface area contributed by atoms with E-state index in [1.165, 1.54) is 12.1 Å². The maximum Gasteiger partial charge on any atom is 0.356 e. The lowest BCUT2D eigenvalue weighted by Gasteiger charge is -2.19. The molecule has 1 atom stereocenters. The Morgan fingerprint density at radius 2 is 2.14 bits per heavy atom. The molecular formula is C12H9BrF2IO4PS. The highest BCUT2D eigenvalue weighted by molar-refractivity contribution is 14.2. The van der Waals surface area contributed by atoms with Gasteiger partial charge < -0.3 is 9.63 Å². The second-order valence-corrected chi connectivity index (χ2v) is 11.7. The fraction of sp³-hybridized carbons (Fsp3) is 0.250. The van der Waals surface area contributed by atoms with E-state index in [0.717, 1.165) is 39.4 Å². The Kier molecular flexibility index (Phi) is 5.33. The molecular weight excluding hydrogens is 516 g/mol. The van der Waals surface area contributed by atoms with Crippen LogP contribution in [0.25, 0.3) is 10.1 Å². The molecule has 1 N–H and O–H groups in total. The summed E-state index contributed by atoms with van der Waals surface area (Å²) in [6, 6.07) is 3.94. The fourth-order valence-electron chi connectivity index (χ4n) is 1.74. The second-order valence-electron chi connectivity index (χ2n) is 4.24. The van der Waals surface area contributed by atoms with E-state index in [2.05, 4.69) is 15.9 Å². The van der Waals surface area contributed by atoms with Crippen molar-refractivity contribution in [3.8, 4) is 0 Å². The van der Waals surface area contributed by atoms with E-state index in [4.69, 9.17) is 4.74 Å². The number of alkyl halides is 2. The molecule has 0 spiro atoms. The van der Waals surface area contributed by atoms with Crippen LogP contribution in [0.3, 0.4) is 0 Å². The van der Waals surface area contributed by atoms with E-state index in [0.29, 0.717) is 10.1 Å². The summed E-state index contributed by atoms with van der Waals surface area (Å²) in [5.74, 6) is -0.533. The van der Waals surface area contributed by atoms with Crippen LogP contribution in [0.2, 0.25) is 0 Å². The SMILES string of the molecule is CCOC(=O)c1cc2cc(C(F)(F)P(=O)(O)I)c(Br)cc2s1. The quantitative estimate of drug-likeness (QED) is 0.325. The van der Waals surface area contributed by atoms with Gasteiger partial charge in [-0.1, -0.05) is 15.9 Å². The van der Waals surface area contributed by atoms with Crippen molar-refractivity contribution < 1.29 is 27.8 Å². The van der Waals surface area contributed by atoms with E-state index >= 15 is 0 Å². The average molecular weight is 525 g/mol. The first-order valence-corrected chi connectivity index (χ1v) is 11.9. The summed E-state index contributed by atoms with van der Waals surface area (Å²) in [6.07, 6.45) is 0. The van der Waals surface area contributed by atoms with Crippen LogP contribution in [0.1, 0.15) is 22.2 Å². The van der Waals surface area contributed by atoms with E-state index < -0.39 is 22.2 Å². The van der Waals surface area contributed by atoms with Crippen LogP contribution in [0.4, 0.5) is 8.78 Å². The molecule has 1 aromatic heterocycles. The van der Waals surface area contributed by atoms with Crippen molar-refractivity contribution in [3.63, 3.8) is 0 Å². The standard InChI is InChI=1S/C12H9BrF2IO4PS/c1-2-20-11(17)10-4-6-3-7(8(13)5-9(6)22-10)12(14,15)21(16,18)19/h3-5H,2H2,1H3,(H,18,19). The molecule has 0 saturated heterocycles. The number of carbonyl (C=O) groups is 1. The van der Waals surface area contributed by atoms with Crippen molar-refractivity contribution in [1.82, 2.24) is 0 Å². The zero-order valence-corrected chi connectivity index (χ0v) is 16.4. The molecule has 2 aromatic rings. The van der Waals surface area contributed by atoms with E-state index in [1.54, 1.807) is 6.92 Å². The highest BCUT2D eigenvalue weighted by Crippen LogP contribution is 2.69. The molecule has 22 heavy (non-hydrogen) atoms. The smallest absolute Gasteiger partial charge is 0.356 e. The van der Waals surface area contributed by atoms with E-state index in [9.17, 15) is 23.0 Å². The van der Waals surface area contributed by atoms with Crippen molar-refractivity contribution in [2.24, 2.45) is 0 Å². The number of fused-ring (bicyclic) bond motifs is 1. The molecule has 4 nitrogen and oxygen atoms in total. The van der Waals surface area contributed by atoms with Crippen LogP contribution in [-0.4, -0.2) is 17.5 Å². The summed E-state index contributed by atoms with van der Waals surface area (Å²) >= 11 is 4.96. The summed E-state index contributed by atoms with van der Waals surface area (Å²) < 4.78 is 45.1. The number of thiophene rings is 1. The lowest BCUT2D eigenvalue weighted by atomic mass is 10.1. The van der Waals surface area contributed by atoms with Gasteiger partial charge in [0.05, 0.1) is 6.61 Å². The first kappa shape index (κ1) is 18.3. The summed E-state index contributed by atoms with van der Waals surface area (Å²) in [4.78, 5) is 21.2. The van der Waals surface area contributed by atoms with Gasteiger partial charge in [0, 0.05) is 36.8 Å². The van der Waals surface area contributed by atoms with Gasteiger partial charge in [0.25, 0.3) is 0 Å². The minimum Gasteiger partial charge on any atom is -0.462 e. The summed E-state index contributed by atoms with van der Waals surface area (Å²) in [7, 11) is 0. The summed E-state index contributed by atoms with van der Waals surface area (Å²) in [6.45, 7) is 1.88. The van der Waals surface area contributed by atoms with Crippen molar-refractivity contribution >= 4 is 70.4 Å². The molecule has 0 amide bonds. The first-order valence-electron chi connectivity index (χ1n) is 5.89. The molecule has 0 radical (unpaired) electrons. The predicted octanol–water partition coefficient (Wildman–Crippen LogP) is 5.51. The van der Waals surface area contributed by atoms with Crippen LogP contribution in [0.5, 0.6) is 0 Å². The molecule has 120 valence electrons. The maximum atomic E-state index is 14.1. The number of rotatable bonds is 4. The van der Waals surface area contributed by atoms with Gasteiger partial charge in [0.2, 0.25) is 0 Å². The molecule has 1 unspecified atom stereocenters. The number of carbonyl (C=O) groups excluding carboxylic acids is 1. The Morgan fingerprint density at radius 3 is 2.68 bits per heavy atom. The molecule has 0 aliphatic heterocycles. The minimum atomic E-state index is -4.70. The number of ether oxygens (including phenoxy) is 1. The first-order chi connectivity index (χ1) is 10.1. The lowest BCUT2D eigenvalue weighted by Crippen LogP contribution is -2.11. The van der Waals surface area contributed by atoms with Gasteiger partial charge in [-0.25, -0.2) is 4.79 Å². The molecule has 2 rings (SSSR count). The Bertz CT molecular complexity index is 789. The Hall–Kier alpha value is -0.0900. The Morgan fingerprint density at radius 1 is 1.50 bits per heavy atom. The third-order valence-corrected chi connectivity index (χ3v) is 7.24. The minimum absolute atomic E-state index is 0.00759. The van der Waals surface area contributed by atoms with E-state index in [1.807, 2.05) is 0 Å². The van der Waals surface area contributed by atoms with Crippen molar-refractivity contribution in [2.75, 3.05) is 6.61 Å².